The van der Waals surface area contributed by atoms with Crippen LogP contribution in [0.3, 0.4) is 0 Å². The third kappa shape index (κ3) is 2.70. The van der Waals surface area contributed by atoms with Crippen LogP contribution in [0.4, 0.5) is 0 Å². The summed E-state index contributed by atoms with van der Waals surface area (Å²) in [6.45, 7) is 2.12. The molecule has 20 heavy (non-hydrogen) atoms. The number of carboxylic acids is 1. The Labute approximate surface area is 117 Å². The van der Waals surface area contributed by atoms with Gasteiger partial charge in [-0.25, -0.2) is 14.5 Å². The Kier molecular flexibility index (Phi) is 3.85. The molecular weight excluding hydrogens is 256 g/mol. The smallest absolute Gasteiger partial charge is 0.375 e. The second kappa shape index (κ2) is 5.42. The summed E-state index contributed by atoms with van der Waals surface area (Å²) in [5.74, 6) is -0.760. The van der Waals surface area contributed by atoms with E-state index >= 15 is 0 Å². The number of carboxylic acid groups (broad SMARTS) is 1. The van der Waals surface area contributed by atoms with Crippen molar-refractivity contribution in [1.82, 2.24) is 19.7 Å². The second-order valence-corrected chi connectivity index (χ2v) is 4.95. The van der Waals surface area contributed by atoms with Crippen molar-refractivity contribution in [3.63, 3.8) is 0 Å². The van der Waals surface area contributed by atoms with E-state index in [2.05, 4.69) is 21.9 Å². The van der Waals surface area contributed by atoms with E-state index in [4.69, 9.17) is 5.11 Å². The molecule has 1 aromatic heterocycles. The zero-order chi connectivity index (χ0) is 14.9. The molecule has 0 aliphatic heterocycles. The van der Waals surface area contributed by atoms with Gasteiger partial charge in [0.15, 0.2) is 5.82 Å². The molecule has 1 N–H and O–H groups in total. The monoisotopic (exact) mass is 274 g/mol. The highest BCUT2D eigenvalue weighted by atomic mass is 16.4. The van der Waals surface area contributed by atoms with Crippen LogP contribution in [0.2, 0.25) is 0 Å². The summed E-state index contributed by atoms with van der Waals surface area (Å²) in [6, 6.07) is 8.23. The lowest BCUT2D eigenvalue weighted by molar-refractivity contribution is 0.0683. The first kappa shape index (κ1) is 14.2. The predicted molar refractivity (Wildman–Crippen MR) is 75.5 cm³/mol. The Morgan fingerprint density at radius 2 is 1.90 bits per heavy atom. The molecule has 1 aromatic carbocycles. The third-order valence-electron chi connectivity index (χ3n) is 3.38. The van der Waals surface area contributed by atoms with Crippen LogP contribution in [0.25, 0.3) is 11.4 Å². The molecule has 0 amide bonds. The molecule has 6 nitrogen and oxygen atoms in total. The van der Waals surface area contributed by atoms with Crippen molar-refractivity contribution < 1.29 is 9.90 Å². The number of aryl methyl sites for hydroxylation is 1. The Morgan fingerprint density at radius 1 is 1.30 bits per heavy atom. The largest absolute Gasteiger partial charge is 0.475 e. The van der Waals surface area contributed by atoms with Crippen LogP contribution in [-0.4, -0.2) is 44.8 Å². The molecule has 0 fully saturated rings. The maximum atomic E-state index is 10.9. The van der Waals surface area contributed by atoms with E-state index < -0.39 is 5.97 Å². The number of nitrogens with zero attached hydrogens (tertiary/aromatic N) is 4. The zero-order valence-corrected chi connectivity index (χ0v) is 12.0. The molecule has 0 radical (unpaired) electrons. The third-order valence-corrected chi connectivity index (χ3v) is 3.38. The van der Waals surface area contributed by atoms with Crippen molar-refractivity contribution in [1.29, 1.82) is 0 Å². The fourth-order valence-electron chi connectivity index (χ4n) is 1.94. The fourth-order valence-corrected chi connectivity index (χ4v) is 1.94. The van der Waals surface area contributed by atoms with Crippen molar-refractivity contribution >= 4 is 5.97 Å². The standard InChI is InChI=1S/C14H18N4O2/c1-9(17(2)3)10-5-7-11(8-6-10)13-15-12(14(19)20)16-18(13)4/h5-9H,1-4H3,(H,19,20)/t9-/m0/s1. The van der Waals surface area contributed by atoms with E-state index in [1.807, 2.05) is 38.4 Å². The summed E-state index contributed by atoms with van der Waals surface area (Å²) in [5, 5.41) is 12.8. The number of hydrogen-bond donors (Lipinski definition) is 1. The maximum Gasteiger partial charge on any atom is 0.375 e. The topological polar surface area (TPSA) is 71.2 Å². The van der Waals surface area contributed by atoms with Gasteiger partial charge in [0, 0.05) is 18.7 Å². The van der Waals surface area contributed by atoms with Gasteiger partial charge in [0.05, 0.1) is 0 Å². The zero-order valence-electron chi connectivity index (χ0n) is 12.0. The molecular formula is C14H18N4O2. The highest BCUT2D eigenvalue weighted by molar-refractivity contribution is 5.83. The summed E-state index contributed by atoms with van der Waals surface area (Å²) in [6.07, 6.45) is 0. The van der Waals surface area contributed by atoms with Gasteiger partial charge in [-0.2, -0.15) is 0 Å². The van der Waals surface area contributed by atoms with Crippen LogP contribution in [0.1, 0.15) is 29.1 Å². The highest BCUT2D eigenvalue weighted by Gasteiger charge is 2.15. The highest BCUT2D eigenvalue weighted by Crippen LogP contribution is 2.22. The number of hydrogen-bond acceptors (Lipinski definition) is 4. The number of aromatic nitrogens is 3. The van der Waals surface area contributed by atoms with Crippen molar-refractivity contribution in [3.05, 3.63) is 35.7 Å². The van der Waals surface area contributed by atoms with E-state index in [0.717, 1.165) is 5.56 Å². The van der Waals surface area contributed by atoms with Crippen molar-refractivity contribution in [2.24, 2.45) is 7.05 Å². The van der Waals surface area contributed by atoms with Crippen LogP contribution >= 0.6 is 0 Å². The van der Waals surface area contributed by atoms with Crippen molar-refractivity contribution in [2.45, 2.75) is 13.0 Å². The quantitative estimate of drug-likeness (QED) is 0.920. The first-order valence-corrected chi connectivity index (χ1v) is 6.31. The molecule has 1 heterocycles. The number of aromatic carboxylic acids is 1. The van der Waals surface area contributed by atoms with Crippen LogP contribution in [-0.2, 0) is 7.05 Å². The average Bonchev–Trinajstić information content (AvgIpc) is 2.80. The summed E-state index contributed by atoms with van der Waals surface area (Å²) < 4.78 is 1.48. The van der Waals surface area contributed by atoms with E-state index in [9.17, 15) is 4.79 Å². The molecule has 2 aromatic rings. The maximum absolute atomic E-state index is 10.9. The lowest BCUT2D eigenvalue weighted by Gasteiger charge is -2.20. The number of benzene rings is 1. The van der Waals surface area contributed by atoms with Crippen LogP contribution < -0.4 is 0 Å². The van der Waals surface area contributed by atoms with E-state index in [0.29, 0.717) is 11.9 Å². The summed E-state index contributed by atoms with van der Waals surface area (Å²) in [5.41, 5.74) is 2.04. The van der Waals surface area contributed by atoms with Crippen molar-refractivity contribution in [2.75, 3.05) is 14.1 Å². The molecule has 2 rings (SSSR count). The predicted octanol–water partition coefficient (Wildman–Crippen LogP) is 1.80. The summed E-state index contributed by atoms with van der Waals surface area (Å²) in [4.78, 5) is 17.0. The van der Waals surface area contributed by atoms with E-state index in [-0.39, 0.29) is 5.82 Å². The fraction of sp³-hybridized carbons (Fsp3) is 0.357. The van der Waals surface area contributed by atoms with Gasteiger partial charge >= 0.3 is 5.97 Å². The number of rotatable bonds is 4. The normalized spacial score (nSPS) is 12.7. The lowest BCUT2D eigenvalue weighted by Crippen LogP contribution is -2.16. The SMILES string of the molecule is C[C@@H](c1ccc(-c2nc(C(=O)O)nn2C)cc1)N(C)C. The molecule has 0 spiro atoms. The van der Waals surface area contributed by atoms with Crippen LogP contribution in [0.5, 0.6) is 0 Å². The van der Waals surface area contributed by atoms with E-state index in [1.54, 1.807) is 7.05 Å². The first-order valence-electron chi connectivity index (χ1n) is 6.31. The summed E-state index contributed by atoms with van der Waals surface area (Å²) in [7, 11) is 5.74. The van der Waals surface area contributed by atoms with Gasteiger partial charge in [0.25, 0.3) is 5.82 Å². The molecule has 0 unspecified atom stereocenters. The molecule has 0 saturated heterocycles. The Morgan fingerprint density at radius 3 is 2.35 bits per heavy atom. The number of carbonyl (C=O) groups is 1. The molecule has 1 atom stereocenters. The average molecular weight is 274 g/mol. The Hall–Kier alpha value is -2.21. The lowest BCUT2D eigenvalue weighted by atomic mass is 10.1. The Balaban J connectivity index is 2.33. The molecule has 0 bridgehead atoms. The van der Waals surface area contributed by atoms with Crippen molar-refractivity contribution in [3.8, 4) is 11.4 Å². The minimum Gasteiger partial charge on any atom is -0.475 e. The molecule has 0 aliphatic carbocycles. The van der Waals surface area contributed by atoms with Gasteiger partial charge in [0.2, 0.25) is 0 Å². The van der Waals surface area contributed by atoms with Gasteiger partial charge in [-0.3, -0.25) is 0 Å². The molecule has 0 aliphatic rings. The van der Waals surface area contributed by atoms with Gasteiger partial charge in [-0.05, 0) is 26.6 Å². The van der Waals surface area contributed by atoms with Gasteiger partial charge in [-0.1, -0.05) is 24.3 Å². The molecule has 106 valence electrons. The molecule has 6 heteroatoms. The van der Waals surface area contributed by atoms with Gasteiger partial charge in [0.1, 0.15) is 0 Å². The van der Waals surface area contributed by atoms with E-state index in [1.165, 1.54) is 10.2 Å². The van der Waals surface area contributed by atoms with Crippen LogP contribution in [0, 0.1) is 0 Å². The minimum absolute atomic E-state index is 0.187. The minimum atomic E-state index is -1.12. The van der Waals surface area contributed by atoms with Gasteiger partial charge < -0.3 is 10.0 Å². The first-order chi connectivity index (χ1) is 9.40. The van der Waals surface area contributed by atoms with Crippen LogP contribution in [0.15, 0.2) is 24.3 Å². The summed E-state index contributed by atoms with van der Waals surface area (Å²) >= 11 is 0. The Bertz CT molecular complexity index is 617. The second-order valence-electron chi connectivity index (χ2n) is 4.95. The van der Waals surface area contributed by atoms with Gasteiger partial charge in [-0.15, -0.1) is 5.10 Å². The molecule has 0 saturated carbocycles.